The highest BCUT2D eigenvalue weighted by atomic mass is 16.2. The molecule has 1 atom stereocenters. The van der Waals surface area contributed by atoms with Crippen LogP contribution < -0.4 is 5.32 Å². The molecule has 1 aromatic heterocycles. The molecule has 0 aliphatic carbocycles. The van der Waals surface area contributed by atoms with Crippen LogP contribution in [0, 0.1) is 0 Å². The predicted octanol–water partition coefficient (Wildman–Crippen LogP) is 2.59. The van der Waals surface area contributed by atoms with Crippen LogP contribution in [0.1, 0.15) is 24.5 Å². The second-order valence-electron chi connectivity index (χ2n) is 5.13. The smallest absolute Gasteiger partial charge is 0.233 e. The van der Waals surface area contributed by atoms with Crippen molar-refractivity contribution in [2.24, 2.45) is 7.05 Å². The van der Waals surface area contributed by atoms with Crippen LogP contribution in [0.25, 0.3) is 11.3 Å². The molecule has 102 valence electrons. The monoisotopic (exact) mass is 267 g/mol. The Morgan fingerprint density at radius 2 is 2.10 bits per heavy atom. The molecular formula is C16H17N3O. The minimum atomic E-state index is -0.177. The standard InChI is InChI=1S/C16H17N3O/c1-11-8-9-13(16(20)17-11)14-10-15(19(2)18-14)12-6-4-3-5-7-12/h3-7,10,13H,1,8-9H2,2H3,(H,17,20). The predicted molar refractivity (Wildman–Crippen MR) is 77.9 cm³/mol. The van der Waals surface area contributed by atoms with Gasteiger partial charge in [0.1, 0.15) is 0 Å². The number of aromatic nitrogens is 2. The number of hydrogen-bond acceptors (Lipinski definition) is 2. The fourth-order valence-electron chi connectivity index (χ4n) is 2.59. The lowest BCUT2D eigenvalue weighted by Gasteiger charge is -2.21. The summed E-state index contributed by atoms with van der Waals surface area (Å²) in [5.74, 6) is -0.178. The number of piperidine rings is 1. The first-order valence-corrected chi connectivity index (χ1v) is 6.73. The van der Waals surface area contributed by atoms with E-state index in [1.807, 2.05) is 48.1 Å². The maximum Gasteiger partial charge on any atom is 0.233 e. The summed E-state index contributed by atoms with van der Waals surface area (Å²) in [4.78, 5) is 12.0. The lowest BCUT2D eigenvalue weighted by molar-refractivity contribution is -0.122. The molecule has 2 aromatic rings. The van der Waals surface area contributed by atoms with Crippen LogP contribution in [-0.4, -0.2) is 15.7 Å². The van der Waals surface area contributed by atoms with E-state index in [2.05, 4.69) is 17.0 Å². The SMILES string of the molecule is C=C1CCC(c2cc(-c3ccccc3)n(C)n2)C(=O)N1. The molecule has 1 aliphatic rings. The van der Waals surface area contributed by atoms with Crippen molar-refractivity contribution in [3.8, 4) is 11.3 Å². The van der Waals surface area contributed by atoms with Crippen molar-refractivity contribution < 1.29 is 4.79 Å². The van der Waals surface area contributed by atoms with Gasteiger partial charge in [0.05, 0.1) is 17.3 Å². The Hall–Kier alpha value is -2.36. The Morgan fingerprint density at radius 3 is 2.80 bits per heavy atom. The van der Waals surface area contributed by atoms with Gasteiger partial charge in [-0.05, 0) is 24.5 Å². The molecule has 1 unspecified atom stereocenters. The van der Waals surface area contributed by atoms with Gasteiger partial charge in [0.25, 0.3) is 0 Å². The summed E-state index contributed by atoms with van der Waals surface area (Å²) < 4.78 is 1.83. The van der Waals surface area contributed by atoms with Gasteiger partial charge in [-0.15, -0.1) is 0 Å². The maximum atomic E-state index is 12.0. The van der Waals surface area contributed by atoms with E-state index in [1.165, 1.54) is 0 Å². The molecule has 0 saturated carbocycles. The van der Waals surface area contributed by atoms with Crippen LogP contribution >= 0.6 is 0 Å². The molecular weight excluding hydrogens is 250 g/mol. The number of hydrogen-bond donors (Lipinski definition) is 1. The van der Waals surface area contributed by atoms with Crippen molar-refractivity contribution in [3.63, 3.8) is 0 Å². The van der Waals surface area contributed by atoms with Crippen LogP contribution in [-0.2, 0) is 11.8 Å². The van der Waals surface area contributed by atoms with E-state index in [1.54, 1.807) is 0 Å². The highest BCUT2D eigenvalue weighted by Gasteiger charge is 2.28. The first-order chi connectivity index (χ1) is 9.65. The summed E-state index contributed by atoms with van der Waals surface area (Å²) in [5.41, 5.74) is 3.76. The third-order valence-corrected chi connectivity index (χ3v) is 3.68. The number of rotatable bonds is 2. The van der Waals surface area contributed by atoms with Crippen molar-refractivity contribution >= 4 is 5.91 Å². The van der Waals surface area contributed by atoms with E-state index in [0.29, 0.717) is 0 Å². The van der Waals surface area contributed by atoms with Crippen molar-refractivity contribution in [1.29, 1.82) is 0 Å². The number of carbonyl (C=O) groups excluding carboxylic acids is 1. The molecule has 3 rings (SSSR count). The molecule has 20 heavy (non-hydrogen) atoms. The number of allylic oxidation sites excluding steroid dienone is 1. The zero-order chi connectivity index (χ0) is 14.1. The van der Waals surface area contributed by atoms with Crippen molar-refractivity contribution in [2.75, 3.05) is 0 Å². The summed E-state index contributed by atoms with van der Waals surface area (Å²) in [7, 11) is 1.91. The van der Waals surface area contributed by atoms with Gasteiger partial charge in [-0.25, -0.2) is 0 Å². The molecule has 4 nitrogen and oxygen atoms in total. The van der Waals surface area contributed by atoms with Crippen LogP contribution in [0.5, 0.6) is 0 Å². The number of nitrogens with one attached hydrogen (secondary N) is 1. The topological polar surface area (TPSA) is 46.9 Å². The second-order valence-corrected chi connectivity index (χ2v) is 5.13. The summed E-state index contributed by atoms with van der Waals surface area (Å²) in [5, 5.41) is 7.33. The fraction of sp³-hybridized carbons (Fsp3) is 0.250. The molecule has 2 heterocycles. The average molecular weight is 267 g/mol. The van der Waals surface area contributed by atoms with E-state index >= 15 is 0 Å². The van der Waals surface area contributed by atoms with E-state index in [4.69, 9.17) is 0 Å². The van der Waals surface area contributed by atoms with Crippen LogP contribution in [0.4, 0.5) is 0 Å². The Labute approximate surface area is 118 Å². The summed E-state index contributed by atoms with van der Waals surface area (Å²) in [6, 6.07) is 12.1. The Bertz CT molecular complexity index is 658. The van der Waals surface area contributed by atoms with Gasteiger partial charge in [-0.2, -0.15) is 5.10 Å². The normalized spacial score (nSPS) is 18.9. The molecule has 1 aliphatic heterocycles. The molecule has 4 heteroatoms. The molecule has 1 N–H and O–H groups in total. The second kappa shape index (κ2) is 4.96. The quantitative estimate of drug-likeness (QED) is 0.909. The first-order valence-electron chi connectivity index (χ1n) is 6.73. The summed E-state index contributed by atoms with van der Waals surface area (Å²) >= 11 is 0. The van der Waals surface area contributed by atoms with Gasteiger partial charge in [0.15, 0.2) is 0 Å². The summed E-state index contributed by atoms with van der Waals surface area (Å²) in [6.45, 7) is 3.81. The molecule has 0 bridgehead atoms. The lowest BCUT2D eigenvalue weighted by Crippen LogP contribution is -2.33. The third-order valence-electron chi connectivity index (χ3n) is 3.68. The third kappa shape index (κ3) is 2.25. The number of amides is 1. The van der Waals surface area contributed by atoms with E-state index in [-0.39, 0.29) is 11.8 Å². The highest BCUT2D eigenvalue weighted by Crippen LogP contribution is 2.29. The van der Waals surface area contributed by atoms with Crippen molar-refractivity contribution in [3.05, 3.63) is 54.4 Å². The fourth-order valence-corrected chi connectivity index (χ4v) is 2.59. The number of benzene rings is 1. The van der Waals surface area contributed by atoms with Crippen LogP contribution in [0.3, 0.4) is 0 Å². The zero-order valence-electron chi connectivity index (χ0n) is 11.5. The molecule has 0 spiro atoms. The number of aryl methyl sites for hydroxylation is 1. The number of nitrogens with zero attached hydrogens (tertiary/aromatic N) is 2. The van der Waals surface area contributed by atoms with Crippen LogP contribution in [0.15, 0.2) is 48.7 Å². The highest BCUT2D eigenvalue weighted by molar-refractivity contribution is 5.86. The van der Waals surface area contributed by atoms with Crippen LogP contribution in [0.2, 0.25) is 0 Å². The molecule has 1 aromatic carbocycles. The van der Waals surface area contributed by atoms with Gasteiger partial charge in [-0.3, -0.25) is 9.48 Å². The molecule has 1 fully saturated rings. The maximum absolute atomic E-state index is 12.0. The number of carbonyl (C=O) groups is 1. The Morgan fingerprint density at radius 1 is 1.35 bits per heavy atom. The molecule has 1 saturated heterocycles. The van der Waals surface area contributed by atoms with Crippen molar-refractivity contribution in [2.45, 2.75) is 18.8 Å². The van der Waals surface area contributed by atoms with Gasteiger partial charge < -0.3 is 5.32 Å². The van der Waals surface area contributed by atoms with Crippen molar-refractivity contribution in [1.82, 2.24) is 15.1 Å². The molecule has 1 amide bonds. The van der Waals surface area contributed by atoms with Gasteiger partial charge in [-0.1, -0.05) is 36.9 Å². The molecule has 0 radical (unpaired) electrons. The van der Waals surface area contributed by atoms with E-state index in [9.17, 15) is 4.79 Å². The van der Waals surface area contributed by atoms with Gasteiger partial charge in [0, 0.05) is 12.7 Å². The first kappa shape index (κ1) is 12.7. The minimum Gasteiger partial charge on any atom is -0.330 e. The van der Waals surface area contributed by atoms with E-state index < -0.39 is 0 Å². The van der Waals surface area contributed by atoms with E-state index in [0.717, 1.165) is 35.5 Å². The lowest BCUT2D eigenvalue weighted by atomic mass is 9.93. The van der Waals surface area contributed by atoms with Gasteiger partial charge >= 0.3 is 0 Å². The zero-order valence-corrected chi connectivity index (χ0v) is 11.5. The Kier molecular flexibility index (Phi) is 3.14. The largest absolute Gasteiger partial charge is 0.330 e. The minimum absolute atomic E-state index is 0.000961. The van der Waals surface area contributed by atoms with Gasteiger partial charge in [0.2, 0.25) is 5.91 Å². The average Bonchev–Trinajstić information content (AvgIpc) is 2.81. The Balaban J connectivity index is 1.93. The summed E-state index contributed by atoms with van der Waals surface area (Å²) in [6.07, 6.45) is 1.59.